The molecule has 17 heavy (non-hydrogen) atoms. The van der Waals surface area contributed by atoms with Gasteiger partial charge in [-0.25, -0.2) is 4.98 Å². The summed E-state index contributed by atoms with van der Waals surface area (Å²) in [6, 6.07) is 3.79. The summed E-state index contributed by atoms with van der Waals surface area (Å²) in [5, 5.41) is 9.20. The first-order valence-corrected chi connectivity index (χ1v) is 6.55. The fourth-order valence-corrected chi connectivity index (χ4v) is 1.91. The third-order valence-electron chi connectivity index (χ3n) is 3.08. The van der Waals surface area contributed by atoms with E-state index in [1.807, 2.05) is 12.1 Å². The van der Waals surface area contributed by atoms with E-state index in [1.165, 1.54) is 12.8 Å². The predicted molar refractivity (Wildman–Crippen MR) is 67.0 cm³/mol. The van der Waals surface area contributed by atoms with Gasteiger partial charge in [-0.3, -0.25) is 0 Å². The van der Waals surface area contributed by atoms with E-state index in [0.717, 1.165) is 43.0 Å². The number of hydrogen-bond acceptors (Lipinski definition) is 3. The van der Waals surface area contributed by atoms with Gasteiger partial charge in [-0.15, -0.1) is 0 Å². The maximum absolute atomic E-state index is 9.20. The Balaban J connectivity index is 1.94. The Morgan fingerprint density at radius 3 is 2.88 bits per heavy atom. The summed E-state index contributed by atoms with van der Waals surface area (Å²) >= 11 is 0. The highest BCUT2D eigenvalue weighted by Gasteiger charge is 2.20. The first-order chi connectivity index (χ1) is 8.31. The molecule has 3 heteroatoms. The second-order valence-corrected chi connectivity index (χ2v) is 4.79. The number of rotatable bonds is 7. The summed E-state index contributed by atoms with van der Waals surface area (Å²) in [6.45, 7) is 2.93. The van der Waals surface area contributed by atoms with E-state index in [2.05, 4.69) is 11.9 Å². The number of aromatic nitrogens is 1. The molecule has 1 aliphatic rings. The minimum absolute atomic E-state index is 0.0538. The van der Waals surface area contributed by atoms with Gasteiger partial charge < -0.3 is 9.84 Å². The summed E-state index contributed by atoms with van der Waals surface area (Å²) in [5.41, 5.74) is 1.91. The largest absolute Gasteiger partial charge is 0.478 e. The number of aliphatic hydroxyl groups excluding tert-OH is 1. The molecule has 1 aromatic rings. The zero-order chi connectivity index (χ0) is 12.1. The van der Waals surface area contributed by atoms with E-state index in [-0.39, 0.29) is 6.61 Å². The number of ether oxygens (including phenoxy) is 1. The molecule has 3 nitrogen and oxygen atoms in total. The Morgan fingerprint density at radius 1 is 1.41 bits per heavy atom. The van der Waals surface area contributed by atoms with Crippen LogP contribution in [0, 0.1) is 5.92 Å². The van der Waals surface area contributed by atoms with Gasteiger partial charge >= 0.3 is 0 Å². The van der Waals surface area contributed by atoms with Gasteiger partial charge in [0.25, 0.3) is 0 Å². The summed E-state index contributed by atoms with van der Waals surface area (Å²) < 4.78 is 5.66. The molecule has 0 amide bonds. The molecule has 1 aliphatic carbocycles. The first kappa shape index (κ1) is 12.4. The molecule has 0 radical (unpaired) electrons. The predicted octanol–water partition coefficient (Wildman–Crippen LogP) is 2.71. The molecule has 2 rings (SSSR count). The van der Waals surface area contributed by atoms with Crippen molar-refractivity contribution in [2.24, 2.45) is 5.92 Å². The van der Waals surface area contributed by atoms with Crippen molar-refractivity contribution in [2.45, 2.75) is 45.6 Å². The van der Waals surface area contributed by atoms with E-state index >= 15 is 0 Å². The first-order valence-electron chi connectivity index (χ1n) is 6.55. The second kappa shape index (κ2) is 6.01. The van der Waals surface area contributed by atoms with Crippen LogP contribution >= 0.6 is 0 Å². The summed E-state index contributed by atoms with van der Waals surface area (Å²) in [6.07, 6.45) is 5.84. The van der Waals surface area contributed by atoms with Crippen LogP contribution in [0.2, 0.25) is 0 Å². The lowest BCUT2D eigenvalue weighted by Crippen LogP contribution is -2.03. The zero-order valence-corrected chi connectivity index (χ0v) is 10.5. The smallest absolute Gasteiger partial charge is 0.213 e. The summed E-state index contributed by atoms with van der Waals surface area (Å²) in [5.74, 6) is 1.55. The van der Waals surface area contributed by atoms with Crippen molar-refractivity contribution >= 4 is 0 Å². The van der Waals surface area contributed by atoms with Gasteiger partial charge in [0.2, 0.25) is 5.88 Å². The number of hydrogen-bond donors (Lipinski definition) is 1. The maximum Gasteiger partial charge on any atom is 0.213 e. The van der Waals surface area contributed by atoms with Crippen LogP contribution in [0.25, 0.3) is 0 Å². The monoisotopic (exact) mass is 235 g/mol. The fraction of sp³-hybridized carbons (Fsp3) is 0.643. The van der Waals surface area contributed by atoms with Gasteiger partial charge in [0.05, 0.1) is 13.2 Å². The molecular weight excluding hydrogens is 214 g/mol. The van der Waals surface area contributed by atoms with Crippen molar-refractivity contribution in [1.29, 1.82) is 0 Å². The van der Waals surface area contributed by atoms with Crippen LogP contribution in [0.5, 0.6) is 5.88 Å². The number of aryl methyl sites for hydroxylation is 1. The normalized spacial score (nSPS) is 14.9. The lowest BCUT2D eigenvalue weighted by atomic mass is 10.2. The Hall–Kier alpha value is -1.09. The Labute approximate surface area is 103 Å². The molecule has 1 heterocycles. The topological polar surface area (TPSA) is 42.4 Å². The molecular formula is C14H21NO2. The number of pyridine rings is 1. The molecule has 0 aliphatic heterocycles. The molecule has 0 aromatic carbocycles. The standard InChI is InChI=1S/C14H21NO2/c1-2-3-13-8-12(10-16)9-14(15-13)17-7-6-11-4-5-11/h8-9,11,16H,2-7,10H2,1H3. The van der Waals surface area contributed by atoms with E-state index in [9.17, 15) is 5.11 Å². The highest BCUT2D eigenvalue weighted by molar-refractivity contribution is 5.24. The van der Waals surface area contributed by atoms with Gasteiger partial charge in [0, 0.05) is 11.8 Å². The summed E-state index contributed by atoms with van der Waals surface area (Å²) in [4.78, 5) is 4.46. The van der Waals surface area contributed by atoms with Crippen molar-refractivity contribution in [3.8, 4) is 5.88 Å². The van der Waals surface area contributed by atoms with Crippen molar-refractivity contribution in [1.82, 2.24) is 4.98 Å². The quantitative estimate of drug-likeness (QED) is 0.790. The second-order valence-electron chi connectivity index (χ2n) is 4.79. The number of nitrogens with zero attached hydrogens (tertiary/aromatic N) is 1. The van der Waals surface area contributed by atoms with Crippen LogP contribution in [0.4, 0.5) is 0 Å². The van der Waals surface area contributed by atoms with Crippen molar-refractivity contribution < 1.29 is 9.84 Å². The van der Waals surface area contributed by atoms with Crippen LogP contribution in [0.15, 0.2) is 12.1 Å². The van der Waals surface area contributed by atoms with Crippen LogP contribution < -0.4 is 4.74 Å². The highest BCUT2D eigenvalue weighted by Crippen LogP contribution is 2.32. The molecule has 0 spiro atoms. The maximum atomic E-state index is 9.20. The molecule has 1 saturated carbocycles. The van der Waals surface area contributed by atoms with Crippen LogP contribution in [0.1, 0.15) is 43.9 Å². The third kappa shape index (κ3) is 4.00. The molecule has 0 atom stereocenters. The van der Waals surface area contributed by atoms with E-state index in [4.69, 9.17) is 4.74 Å². The molecule has 0 saturated heterocycles. The third-order valence-corrected chi connectivity index (χ3v) is 3.08. The van der Waals surface area contributed by atoms with E-state index in [1.54, 1.807) is 0 Å². The molecule has 0 unspecified atom stereocenters. The lowest BCUT2D eigenvalue weighted by Gasteiger charge is -2.08. The highest BCUT2D eigenvalue weighted by atomic mass is 16.5. The van der Waals surface area contributed by atoms with Gasteiger partial charge in [-0.05, 0) is 30.4 Å². The van der Waals surface area contributed by atoms with Crippen LogP contribution in [-0.4, -0.2) is 16.7 Å². The van der Waals surface area contributed by atoms with Gasteiger partial charge in [-0.1, -0.05) is 26.2 Å². The number of aliphatic hydroxyl groups is 1. The molecule has 1 aromatic heterocycles. The average Bonchev–Trinajstić information content (AvgIpc) is 3.13. The molecule has 0 bridgehead atoms. The minimum Gasteiger partial charge on any atom is -0.478 e. The zero-order valence-electron chi connectivity index (χ0n) is 10.5. The van der Waals surface area contributed by atoms with E-state index in [0.29, 0.717) is 5.88 Å². The fourth-order valence-electron chi connectivity index (χ4n) is 1.91. The molecule has 1 fully saturated rings. The Kier molecular flexibility index (Phi) is 4.37. The molecule has 1 N–H and O–H groups in total. The molecule has 94 valence electrons. The Morgan fingerprint density at radius 2 is 2.24 bits per heavy atom. The van der Waals surface area contributed by atoms with Gasteiger partial charge in [-0.2, -0.15) is 0 Å². The minimum atomic E-state index is 0.0538. The van der Waals surface area contributed by atoms with Crippen molar-refractivity contribution in [3.63, 3.8) is 0 Å². The van der Waals surface area contributed by atoms with Crippen molar-refractivity contribution in [2.75, 3.05) is 6.61 Å². The summed E-state index contributed by atoms with van der Waals surface area (Å²) in [7, 11) is 0. The SMILES string of the molecule is CCCc1cc(CO)cc(OCCC2CC2)n1. The van der Waals surface area contributed by atoms with Crippen LogP contribution in [-0.2, 0) is 13.0 Å². The van der Waals surface area contributed by atoms with Gasteiger partial charge in [0.15, 0.2) is 0 Å². The Bertz CT molecular complexity index is 361. The van der Waals surface area contributed by atoms with Gasteiger partial charge in [0.1, 0.15) is 0 Å². The van der Waals surface area contributed by atoms with Crippen LogP contribution in [0.3, 0.4) is 0 Å². The van der Waals surface area contributed by atoms with E-state index < -0.39 is 0 Å². The lowest BCUT2D eigenvalue weighted by molar-refractivity contribution is 0.274. The average molecular weight is 235 g/mol. The van der Waals surface area contributed by atoms with Crippen molar-refractivity contribution in [3.05, 3.63) is 23.4 Å².